The molecule has 2 aromatic carbocycles. The maximum absolute atomic E-state index is 12.8. The lowest BCUT2D eigenvalue weighted by molar-refractivity contribution is -0.137. The molecule has 34 heavy (non-hydrogen) atoms. The fraction of sp³-hybridized carbons (Fsp3) is 0.375. The summed E-state index contributed by atoms with van der Waals surface area (Å²) >= 11 is 1.58. The second kappa shape index (κ2) is 11.4. The SMILES string of the molecule is CSc1ccc(C(=O)N[C@@H]2CCCC[C@H]2NC(=O)CNC(=O)c2cccc(C(F)(F)F)c2)cc1. The summed E-state index contributed by atoms with van der Waals surface area (Å²) in [6.45, 7) is -0.387. The van der Waals surface area contributed by atoms with E-state index >= 15 is 0 Å². The van der Waals surface area contributed by atoms with Gasteiger partial charge in [0.1, 0.15) is 0 Å². The summed E-state index contributed by atoms with van der Waals surface area (Å²) in [5, 5.41) is 8.17. The van der Waals surface area contributed by atoms with Crippen molar-refractivity contribution in [2.24, 2.45) is 0 Å². The molecule has 1 aliphatic carbocycles. The number of carbonyl (C=O) groups is 3. The molecule has 0 saturated heterocycles. The average Bonchev–Trinajstić information content (AvgIpc) is 2.83. The Morgan fingerprint density at radius 3 is 2.18 bits per heavy atom. The lowest BCUT2D eigenvalue weighted by Gasteiger charge is -2.33. The summed E-state index contributed by atoms with van der Waals surface area (Å²) in [5.41, 5.74) is -0.590. The maximum Gasteiger partial charge on any atom is 0.416 e. The van der Waals surface area contributed by atoms with E-state index in [1.807, 2.05) is 18.4 Å². The Balaban J connectivity index is 1.54. The van der Waals surface area contributed by atoms with Crippen LogP contribution < -0.4 is 16.0 Å². The van der Waals surface area contributed by atoms with Crippen molar-refractivity contribution in [2.45, 2.75) is 48.8 Å². The van der Waals surface area contributed by atoms with Gasteiger partial charge in [-0.3, -0.25) is 14.4 Å². The number of hydrogen-bond donors (Lipinski definition) is 3. The zero-order valence-electron chi connectivity index (χ0n) is 18.6. The Hall–Kier alpha value is -3.01. The molecule has 0 aromatic heterocycles. The number of nitrogens with one attached hydrogen (secondary N) is 3. The van der Waals surface area contributed by atoms with Gasteiger partial charge >= 0.3 is 6.18 Å². The van der Waals surface area contributed by atoms with E-state index in [4.69, 9.17) is 0 Å². The molecule has 1 fully saturated rings. The molecule has 0 aliphatic heterocycles. The molecule has 0 spiro atoms. The zero-order chi connectivity index (χ0) is 24.7. The van der Waals surface area contributed by atoms with Crippen LogP contribution >= 0.6 is 11.8 Å². The highest BCUT2D eigenvalue weighted by molar-refractivity contribution is 7.98. The molecular formula is C24H26F3N3O3S. The Labute approximate surface area is 200 Å². The normalized spacial score (nSPS) is 18.1. The topological polar surface area (TPSA) is 87.3 Å². The van der Waals surface area contributed by atoms with Crippen LogP contribution in [0.4, 0.5) is 13.2 Å². The van der Waals surface area contributed by atoms with Gasteiger partial charge in [0, 0.05) is 28.1 Å². The van der Waals surface area contributed by atoms with Gasteiger partial charge in [0.15, 0.2) is 0 Å². The van der Waals surface area contributed by atoms with Crippen LogP contribution in [-0.4, -0.2) is 42.6 Å². The van der Waals surface area contributed by atoms with Crippen molar-refractivity contribution >= 4 is 29.5 Å². The smallest absolute Gasteiger partial charge is 0.350 e. The monoisotopic (exact) mass is 493 g/mol. The van der Waals surface area contributed by atoms with E-state index in [2.05, 4.69) is 16.0 Å². The Bertz CT molecular complexity index is 1030. The number of hydrogen-bond acceptors (Lipinski definition) is 4. The maximum atomic E-state index is 12.8. The standard InChI is InChI=1S/C24H26F3N3O3S/c1-34-18-11-9-15(10-12-18)23(33)30-20-8-3-2-7-19(20)29-21(31)14-28-22(32)16-5-4-6-17(13-16)24(25,26)27/h4-6,9-13,19-20H,2-3,7-8,14H2,1H3,(H,28,32)(H,29,31)(H,30,33)/t19-,20-/m1/s1. The van der Waals surface area contributed by atoms with Crippen molar-refractivity contribution < 1.29 is 27.6 Å². The molecule has 3 rings (SSSR count). The first kappa shape index (κ1) is 25.6. The van der Waals surface area contributed by atoms with Crippen LogP contribution in [0.2, 0.25) is 0 Å². The van der Waals surface area contributed by atoms with Crippen LogP contribution in [-0.2, 0) is 11.0 Å². The third-order valence-corrected chi connectivity index (χ3v) is 6.39. The van der Waals surface area contributed by atoms with E-state index in [-0.39, 0.29) is 30.1 Å². The number of halogens is 3. The molecule has 182 valence electrons. The van der Waals surface area contributed by atoms with Gasteiger partial charge in [-0.1, -0.05) is 18.9 Å². The number of thioether (sulfide) groups is 1. The van der Waals surface area contributed by atoms with Gasteiger partial charge in [-0.15, -0.1) is 11.8 Å². The quantitative estimate of drug-likeness (QED) is 0.509. The van der Waals surface area contributed by atoms with Gasteiger partial charge in [0.2, 0.25) is 5.91 Å². The Morgan fingerprint density at radius 2 is 1.56 bits per heavy atom. The summed E-state index contributed by atoms with van der Waals surface area (Å²) in [7, 11) is 0. The third-order valence-electron chi connectivity index (χ3n) is 5.64. The van der Waals surface area contributed by atoms with Crippen LogP contribution in [0.25, 0.3) is 0 Å². The average molecular weight is 494 g/mol. The number of benzene rings is 2. The molecule has 3 amide bonds. The minimum absolute atomic E-state index is 0.182. The molecule has 0 unspecified atom stereocenters. The molecule has 2 atom stereocenters. The molecule has 0 bridgehead atoms. The molecule has 2 aromatic rings. The lowest BCUT2D eigenvalue weighted by atomic mass is 9.90. The number of rotatable bonds is 7. The van der Waals surface area contributed by atoms with Crippen molar-refractivity contribution in [2.75, 3.05) is 12.8 Å². The molecule has 0 heterocycles. The Kier molecular flexibility index (Phi) is 8.60. The van der Waals surface area contributed by atoms with Crippen molar-refractivity contribution in [3.63, 3.8) is 0 Å². The highest BCUT2D eigenvalue weighted by atomic mass is 32.2. The fourth-order valence-electron chi connectivity index (χ4n) is 3.83. The van der Waals surface area contributed by atoms with E-state index in [1.54, 1.807) is 23.9 Å². The predicted molar refractivity (Wildman–Crippen MR) is 124 cm³/mol. The number of amides is 3. The lowest BCUT2D eigenvalue weighted by Crippen LogP contribution is -2.54. The summed E-state index contributed by atoms with van der Waals surface area (Å²) in [6.07, 6.45) is 0.558. The first-order chi connectivity index (χ1) is 16.2. The summed E-state index contributed by atoms with van der Waals surface area (Å²) in [5.74, 6) is -1.48. The highest BCUT2D eigenvalue weighted by Crippen LogP contribution is 2.29. The van der Waals surface area contributed by atoms with E-state index in [1.165, 1.54) is 6.07 Å². The molecule has 3 N–H and O–H groups in total. The molecule has 1 saturated carbocycles. The van der Waals surface area contributed by atoms with Gasteiger partial charge in [-0.25, -0.2) is 0 Å². The first-order valence-electron chi connectivity index (χ1n) is 10.9. The largest absolute Gasteiger partial charge is 0.416 e. The van der Waals surface area contributed by atoms with Crippen LogP contribution in [0.3, 0.4) is 0 Å². The fourth-order valence-corrected chi connectivity index (χ4v) is 4.24. The van der Waals surface area contributed by atoms with Crippen LogP contribution in [0.15, 0.2) is 53.4 Å². The van der Waals surface area contributed by atoms with Crippen molar-refractivity contribution in [1.29, 1.82) is 0 Å². The summed E-state index contributed by atoms with van der Waals surface area (Å²) < 4.78 is 38.5. The molecule has 1 aliphatic rings. The molecular weight excluding hydrogens is 467 g/mol. The van der Waals surface area contributed by atoms with Gasteiger partial charge in [0.25, 0.3) is 11.8 Å². The molecule has 0 radical (unpaired) electrons. The summed E-state index contributed by atoms with van der Waals surface area (Å²) in [6, 6.07) is 10.7. The molecule has 10 heteroatoms. The minimum Gasteiger partial charge on any atom is -0.350 e. The van der Waals surface area contributed by atoms with Crippen molar-refractivity contribution in [3.05, 3.63) is 65.2 Å². The van der Waals surface area contributed by atoms with E-state index < -0.39 is 23.6 Å². The van der Waals surface area contributed by atoms with Gasteiger partial charge in [-0.2, -0.15) is 13.2 Å². The number of alkyl halides is 3. The van der Waals surface area contributed by atoms with Crippen LogP contribution in [0.5, 0.6) is 0 Å². The Morgan fingerprint density at radius 1 is 0.912 bits per heavy atom. The van der Waals surface area contributed by atoms with Crippen LogP contribution in [0, 0.1) is 0 Å². The van der Waals surface area contributed by atoms with Gasteiger partial charge in [0.05, 0.1) is 12.1 Å². The van der Waals surface area contributed by atoms with Gasteiger partial charge in [-0.05, 0) is 61.6 Å². The van der Waals surface area contributed by atoms with E-state index in [9.17, 15) is 27.6 Å². The highest BCUT2D eigenvalue weighted by Gasteiger charge is 2.31. The molecule has 6 nitrogen and oxygen atoms in total. The van der Waals surface area contributed by atoms with Crippen molar-refractivity contribution in [1.82, 2.24) is 16.0 Å². The summed E-state index contributed by atoms with van der Waals surface area (Å²) in [4.78, 5) is 38.3. The van der Waals surface area contributed by atoms with Crippen LogP contribution in [0.1, 0.15) is 52.0 Å². The number of carbonyl (C=O) groups excluding carboxylic acids is 3. The van der Waals surface area contributed by atoms with Gasteiger partial charge < -0.3 is 16.0 Å². The minimum atomic E-state index is -4.56. The van der Waals surface area contributed by atoms with E-state index in [0.717, 1.165) is 35.9 Å². The first-order valence-corrected chi connectivity index (χ1v) is 12.1. The predicted octanol–water partition coefficient (Wildman–Crippen LogP) is 4.01. The second-order valence-corrected chi connectivity index (χ2v) is 8.91. The third kappa shape index (κ3) is 6.99. The van der Waals surface area contributed by atoms with Crippen molar-refractivity contribution in [3.8, 4) is 0 Å². The zero-order valence-corrected chi connectivity index (χ0v) is 19.4. The van der Waals surface area contributed by atoms with E-state index in [0.29, 0.717) is 18.4 Å². The second-order valence-electron chi connectivity index (χ2n) is 8.03.